The zero-order valence-electron chi connectivity index (χ0n) is 10.7. The molecule has 0 saturated carbocycles. The van der Waals surface area contributed by atoms with Crippen LogP contribution in [0.3, 0.4) is 0 Å². The zero-order valence-corrected chi connectivity index (χ0v) is 13.1. The second-order valence-corrected chi connectivity index (χ2v) is 5.87. The molecule has 1 aliphatic rings. The lowest BCUT2D eigenvalue weighted by Crippen LogP contribution is -2.30. The number of nitrogens with zero attached hydrogens (tertiary/aromatic N) is 1. The summed E-state index contributed by atoms with van der Waals surface area (Å²) in [5, 5.41) is 0.584. The van der Waals surface area contributed by atoms with Gasteiger partial charge in [0.25, 0.3) is 11.8 Å². The highest BCUT2D eigenvalue weighted by Crippen LogP contribution is 2.29. The van der Waals surface area contributed by atoms with Crippen LogP contribution in [0.5, 0.6) is 0 Å². The van der Waals surface area contributed by atoms with Crippen molar-refractivity contribution >= 4 is 50.6 Å². The van der Waals surface area contributed by atoms with Crippen molar-refractivity contribution in [2.24, 2.45) is 0 Å². The molecule has 0 saturated heterocycles. The Kier molecular flexibility index (Phi) is 3.66. The molecule has 0 N–H and O–H groups in total. The molecule has 2 amide bonds. The van der Waals surface area contributed by atoms with Crippen molar-refractivity contribution in [3.05, 3.63) is 69.7 Å². The Morgan fingerprint density at radius 1 is 0.905 bits per heavy atom. The summed E-state index contributed by atoms with van der Waals surface area (Å²) in [5.41, 5.74) is 1.60. The van der Waals surface area contributed by atoms with Crippen molar-refractivity contribution in [3.8, 4) is 0 Å². The standard InChI is InChI=1S/C16H9BrClNO2/c17-11-3-7-13(8-4-11)19-15(20)9-14(16(19)21)10-1-5-12(18)6-2-10/h1-9H. The molecule has 0 bridgehead atoms. The Labute approximate surface area is 135 Å². The fourth-order valence-electron chi connectivity index (χ4n) is 2.14. The summed E-state index contributed by atoms with van der Waals surface area (Å²) in [6, 6.07) is 13.9. The highest BCUT2D eigenvalue weighted by molar-refractivity contribution is 9.10. The molecule has 1 aliphatic heterocycles. The SMILES string of the molecule is O=C1C=C(c2ccc(Cl)cc2)C(=O)N1c1ccc(Br)cc1. The van der Waals surface area contributed by atoms with Crippen molar-refractivity contribution in [2.45, 2.75) is 0 Å². The molecule has 0 spiro atoms. The third-order valence-electron chi connectivity index (χ3n) is 3.16. The average molecular weight is 363 g/mol. The molecule has 2 aromatic carbocycles. The van der Waals surface area contributed by atoms with Crippen molar-refractivity contribution in [1.29, 1.82) is 0 Å². The van der Waals surface area contributed by atoms with Crippen LogP contribution in [0.2, 0.25) is 5.02 Å². The predicted octanol–water partition coefficient (Wildman–Crippen LogP) is 4.06. The van der Waals surface area contributed by atoms with Crippen molar-refractivity contribution < 1.29 is 9.59 Å². The summed E-state index contributed by atoms with van der Waals surface area (Å²) in [7, 11) is 0. The third-order valence-corrected chi connectivity index (χ3v) is 3.94. The van der Waals surface area contributed by atoms with E-state index in [1.165, 1.54) is 6.08 Å². The lowest BCUT2D eigenvalue weighted by molar-refractivity contribution is -0.119. The molecule has 21 heavy (non-hydrogen) atoms. The Bertz CT molecular complexity index is 751. The molecule has 0 aromatic heterocycles. The zero-order chi connectivity index (χ0) is 15.0. The van der Waals surface area contributed by atoms with Gasteiger partial charge in [-0.15, -0.1) is 0 Å². The summed E-state index contributed by atoms with van der Waals surface area (Å²) >= 11 is 9.16. The third kappa shape index (κ3) is 2.64. The molecule has 0 aliphatic carbocycles. The van der Waals surface area contributed by atoms with Crippen molar-refractivity contribution in [1.82, 2.24) is 0 Å². The fraction of sp³-hybridized carbons (Fsp3) is 0. The van der Waals surface area contributed by atoms with Crippen LogP contribution in [0.1, 0.15) is 5.56 Å². The number of carbonyl (C=O) groups is 2. The summed E-state index contributed by atoms with van der Waals surface area (Å²) in [6.45, 7) is 0. The Morgan fingerprint density at radius 3 is 2.14 bits per heavy atom. The molecule has 1 heterocycles. The summed E-state index contributed by atoms with van der Waals surface area (Å²) in [5.74, 6) is -0.670. The molecule has 0 unspecified atom stereocenters. The number of amides is 2. The first-order valence-electron chi connectivity index (χ1n) is 6.18. The van der Waals surface area contributed by atoms with E-state index in [0.29, 0.717) is 21.8 Å². The van der Waals surface area contributed by atoms with E-state index < -0.39 is 0 Å². The lowest BCUT2D eigenvalue weighted by Gasteiger charge is -2.15. The number of imide groups is 1. The molecule has 5 heteroatoms. The van der Waals surface area contributed by atoms with Gasteiger partial charge in [0, 0.05) is 15.6 Å². The van der Waals surface area contributed by atoms with Crippen LogP contribution in [0.25, 0.3) is 5.57 Å². The smallest absolute Gasteiger partial charge is 0.266 e. The van der Waals surface area contributed by atoms with E-state index in [2.05, 4.69) is 15.9 Å². The fourth-order valence-corrected chi connectivity index (χ4v) is 2.53. The van der Waals surface area contributed by atoms with Gasteiger partial charge in [-0.3, -0.25) is 9.59 Å². The van der Waals surface area contributed by atoms with Gasteiger partial charge in [0.1, 0.15) is 0 Å². The summed E-state index contributed by atoms with van der Waals surface area (Å²) in [6.07, 6.45) is 1.35. The quantitative estimate of drug-likeness (QED) is 0.756. The topological polar surface area (TPSA) is 37.4 Å². The number of carbonyl (C=O) groups excluding carboxylic acids is 2. The molecule has 3 rings (SSSR count). The van der Waals surface area contributed by atoms with E-state index in [9.17, 15) is 9.59 Å². The number of hydrogen-bond donors (Lipinski definition) is 0. The second-order valence-electron chi connectivity index (χ2n) is 4.52. The van der Waals surface area contributed by atoms with Crippen LogP contribution in [-0.4, -0.2) is 11.8 Å². The van der Waals surface area contributed by atoms with E-state index in [1.54, 1.807) is 48.5 Å². The number of halogens is 2. The second kappa shape index (κ2) is 5.47. The van der Waals surface area contributed by atoms with Gasteiger partial charge in [-0.1, -0.05) is 39.7 Å². The maximum absolute atomic E-state index is 12.5. The highest BCUT2D eigenvalue weighted by atomic mass is 79.9. The number of rotatable bonds is 2. The molecule has 3 nitrogen and oxygen atoms in total. The van der Waals surface area contributed by atoms with E-state index in [-0.39, 0.29) is 11.8 Å². The van der Waals surface area contributed by atoms with Gasteiger partial charge >= 0.3 is 0 Å². The van der Waals surface area contributed by atoms with E-state index >= 15 is 0 Å². The molecule has 0 radical (unpaired) electrons. The molecular formula is C16H9BrClNO2. The first-order valence-corrected chi connectivity index (χ1v) is 7.35. The monoisotopic (exact) mass is 361 g/mol. The van der Waals surface area contributed by atoms with Crippen LogP contribution in [0.15, 0.2) is 59.1 Å². The number of anilines is 1. The molecule has 104 valence electrons. The van der Waals surface area contributed by atoms with Crippen molar-refractivity contribution in [3.63, 3.8) is 0 Å². The highest BCUT2D eigenvalue weighted by Gasteiger charge is 2.32. The minimum absolute atomic E-state index is 0.329. The van der Waals surface area contributed by atoms with Crippen LogP contribution in [0, 0.1) is 0 Å². The van der Waals surface area contributed by atoms with Gasteiger partial charge in [-0.25, -0.2) is 4.90 Å². The normalized spacial score (nSPS) is 14.6. The Balaban J connectivity index is 1.95. The van der Waals surface area contributed by atoms with Gasteiger partial charge in [-0.2, -0.15) is 0 Å². The average Bonchev–Trinajstić information content (AvgIpc) is 2.76. The molecular weight excluding hydrogens is 354 g/mol. The minimum Gasteiger partial charge on any atom is -0.269 e. The molecule has 2 aromatic rings. The maximum Gasteiger partial charge on any atom is 0.266 e. The van der Waals surface area contributed by atoms with Gasteiger partial charge in [0.2, 0.25) is 0 Å². The summed E-state index contributed by atoms with van der Waals surface area (Å²) < 4.78 is 0.885. The minimum atomic E-state index is -0.340. The first-order chi connectivity index (χ1) is 10.1. The van der Waals surface area contributed by atoms with E-state index in [4.69, 9.17) is 11.6 Å². The van der Waals surface area contributed by atoms with Gasteiger partial charge in [0.15, 0.2) is 0 Å². The van der Waals surface area contributed by atoms with E-state index in [1.807, 2.05) is 0 Å². The van der Waals surface area contributed by atoms with Crippen LogP contribution >= 0.6 is 27.5 Å². The van der Waals surface area contributed by atoms with Gasteiger partial charge in [0.05, 0.1) is 11.3 Å². The number of hydrogen-bond acceptors (Lipinski definition) is 2. The molecule has 0 fully saturated rings. The van der Waals surface area contributed by atoms with Gasteiger partial charge in [-0.05, 0) is 42.0 Å². The Morgan fingerprint density at radius 2 is 1.52 bits per heavy atom. The van der Waals surface area contributed by atoms with Crippen molar-refractivity contribution in [2.75, 3.05) is 4.90 Å². The number of benzene rings is 2. The van der Waals surface area contributed by atoms with Crippen LogP contribution in [0.4, 0.5) is 5.69 Å². The van der Waals surface area contributed by atoms with E-state index in [0.717, 1.165) is 9.37 Å². The Hall–Kier alpha value is -1.91. The maximum atomic E-state index is 12.5. The first kappa shape index (κ1) is 14.0. The largest absolute Gasteiger partial charge is 0.269 e. The van der Waals surface area contributed by atoms with Crippen LogP contribution < -0.4 is 4.90 Å². The summed E-state index contributed by atoms with van der Waals surface area (Å²) in [4.78, 5) is 25.8. The predicted molar refractivity (Wildman–Crippen MR) is 86.1 cm³/mol. The lowest BCUT2D eigenvalue weighted by atomic mass is 10.1. The molecule has 0 atom stereocenters. The van der Waals surface area contributed by atoms with Crippen LogP contribution in [-0.2, 0) is 9.59 Å². The van der Waals surface area contributed by atoms with Gasteiger partial charge < -0.3 is 0 Å².